The predicted octanol–water partition coefficient (Wildman–Crippen LogP) is 2.74. The number of thiophene rings is 1. The van der Waals surface area contributed by atoms with E-state index >= 15 is 0 Å². The lowest BCUT2D eigenvalue weighted by Gasteiger charge is -2.33. The van der Waals surface area contributed by atoms with Crippen LogP contribution in [0, 0.1) is 11.3 Å². The van der Waals surface area contributed by atoms with Crippen molar-refractivity contribution in [3.8, 4) is 6.07 Å². The largest absolute Gasteiger partial charge is 0.383 e. The molecule has 0 radical (unpaired) electrons. The Morgan fingerprint density at radius 1 is 1.41 bits per heavy atom. The average molecular weight is 409 g/mol. The zero-order valence-electron chi connectivity index (χ0n) is 16.4. The van der Waals surface area contributed by atoms with E-state index in [-0.39, 0.29) is 11.6 Å². The molecule has 1 atom stereocenters. The van der Waals surface area contributed by atoms with Gasteiger partial charge in [0.25, 0.3) is 5.56 Å². The molecule has 1 saturated heterocycles. The summed E-state index contributed by atoms with van der Waals surface area (Å²) in [6, 6.07) is 9.67. The first-order valence-electron chi connectivity index (χ1n) is 9.86. The maximum absolute atomic E-state index is 13.5. The molecule has 150 valence electrons. The Hall–Kier alpha value is -2.89. The van der Waals surface area contributed by atoms with Gasteiger partial charge in [-0.3, -0.25) is 9.36 Å². The van der Waals surface area contributed by atoms with E-state index in [1.165, 1.54) is 11.3 Å². The molecule has 3 aromatic rings. The molecule has 8 heteroatoms. The number of piperidine rings is 1. The van der Waals surface area contributed by atoms with Crippen LogP contribution < -0.4 is 21.5 Å². The van der Waals surface area contributed by atoms with Gasteiger partial charge in [0.2, 0.25) is 5.95 Å². The maximum atomic E-state index is 13.5. The Kier molecular flexibility index (Phi) is 5.51. The number of rotatable bonds is 5. The summed E-state index contributed by atoms with van der Waals surface area (Å²) in [6.45, 7) is 4.57. The van der Waals surface area contributed by atoms with E-state index in [4.69, 9.17) is 10.7 Å². The summed E-state index contributed by atoms with van der Waals surface area (Å²) in [5.74, 6) is 0.628. The van der Waals surface area contributed by atoms with Crippen LogP contribution in [0.1, 0.15) is 30.9 Å². The molecular formula is C21H24N6OS. The summed E-state index contributed by atoms with van der Waals surface area (Å²) >= 11 is 1.40. The van der Waals surface area contributed by atoms with Gasteiger partial charge < -0.3 is 16.0 Å². The van der Waals surface area contributed by atoms with Crippen molar-refractivity contribution in [1.29, 1.82) is 5.26 Å². The fraction of sp³-hybridized carbons (Fsp3) is 0.381. The molecule has 2 aromatic heterocycles. The number of aromatic nitrogens is 2. The van der Waals surface area contributed by atoms with Gasteiger partial charge in [-0.1, -0.05) is 18.2 Å². The molecule has 1 fully saturated rings. The first-order valence-corrected chi connectivity index (χ1v) is 10.7. The van der Waals surface area contributed by atoms with Crippen LogP contribution in [0.4, 0.5) is 11.6 Å². The molecule has 1 aromatic carbocycles. The highest BCUT2D eigenvalue weighted by atomic mass is 32.1. The lowest BCUT2D eigenvalue weighted by molar-refractivity contribution is 0.492. The fourth-order valence-electron chi connectivity index (χ4n) is 3.82. The molecule has 1 unspecified atom stereocenters. The molecule has 0 amide bonds. The summed E-state index contributed by atoms with van der Waals surface area (Å²) in [5, 5.41) is 14.7. The van der Waals surface area contributed by atoms with Crippen molar-refractivity contribution in [3.63, 3.8) is 0 Å². The van der Waals surface area contributed by atoms with Crippen molar-refractivity contribution >= 4 is 33.2 Å². The van der Waals surface area contributed by atoms with Gasteiger partial charge in [0.1, 0.15) is 10.2 Å². The van der Waals surface area contributed by atoms with Gasteiger partial charge in [0.05, 0.1) is 23.9 Å². The highest BCUT2D eigenvalue weighted by molar-refractivity contribution is 7.17. The first-order chi connectivity index (χ1) is 14.1. The van der Waals surface area contributed by atoms with Gasteiger partial charge in [0.15, 0.2) is 0 Å². The number of anilines is 2. The number of hydrogen-bond acceptors (Lipinski definition) is 7. The van der Waals surface area contributed by atoms with E-state index in [2.05, 4.69) is 16.3 Å². The third kappa shape index (κ3) is 3.71. The SMILES string of the molecule is CCNc1csc2c(=O)n(Cc3ccccc3C#N)c(N3CCCC(N)C3)nc12. The lowest BCUT2D eigenvalue weighted by atomic mass is 10.1. The van der Waals surface area contributed by atoms with Crippen LogP contribution >= 0.6 is 11.3 Å². The van der Waals surface area contributed by atoms with E-state index in [1.807, 2.05) is 30.5 Å². The molecule has 3 heterocycles. The second-order valence-electron chi connectivity index (χ2n) is 7.28. The lowest BCUT2D eigenvalue weighted by Crippen LogP contribution is -2.45. The third-order valence-corrected chi connectivity index (χ3v) is 6.19. The summed E-state index contributed by atoms with van der Waals surface area (Å²) in [4.78, 5) is 20.5. The molecule has 0 saturated carbocycles. The highest BCUT2D eigenvalue weighted by Gasteiger charge is 2.24. The minimum absolute atomic E-state index is 0.0619. The van der Waals surface area contributed by atoms with E-state index in [9.17, 15) is 10.1 Å². The number of fused-ring (bicyclic) bond motifs is 1. The van der Waals surface area contributed by atoms with Crippen molar-refractivity contribution in [2.45, 2.75) is 32.4 Å². The predicted molar refractivity (Wildman–Crippen MR) is 118 cm³/mol. The number of benzene rings is 1. The first kappa shape index (κ1) is 19.4. The van der Waals surface area contributed by atoms with Gasteiger partial charge in [-0.15, -0.1) is 11.3 Å². The molecule has 29 heavy (non-hydrogen) atoms. The molecule has 0 aliphatic carbocycles. The minimum atomic E-state index is -0.0777. The van der Waals surface area contributed by atoms with Gasteiger partial charge in [-0.05, 0) is 31.4 Å². The Balaban J connectivity index is 1.89. The Morgan fingerprint density at radius 2 is 2.24 bits per heavy atom. The Morgan fingerprint density at radius 3 is 3.00 bits per heavy atom. The van der Waals surface area contributed by atoms with E-state index < -0.39 is 0 Å². The summed E-state index contributed by atoms with van der Waals surface area (Å²) in [7, 11) is 0. The standard InChI is InChI=1S/C21H24N6OS/c1-2-24-17-13-29-19-18(17)25-21(26-9-5-8-16(23)12-26)27(20(19)28)11-15-7-4-3-6-14(15)10-22/h3-4,6-7,13,16,24H,2,5,8-9,11-12,23H2,1H3. The van der Waals surface area contributed by atoms with Gasteiger partial charge in [-0.2, -0.15) is 5.26 Å². The minimum Gasteiger partial charge on any atom is -0.383 e. The van der Waals surface area contributed by atoms with Crippen LogP contribution in [0.15, 0.2) is 34.4 Å². The van der Waals surface area contributed by atoms with E-state index in [0.717, 1.165) is 37.2 Å². The molecule has 3 N–H and O–H groups in total. The molecule has 1 aliphatic heterocycles. The van der Waals surface area contributed by atoms with Crippen LogP contribution in [0.3, 0.4) is 0 Å². The van der Waals surface area contributed by atoms with Crippen molar-refractivity contribution < 1.29 is 0 Å². The summed E-state index contributed by atoms with van der Waals surface area (Å²) in [5.41, 5.74) is 9.11. The van der Waals surface area contributed by atoms with Gasteiger partial charge >= 0.3 is 0 Å². The molecular weight excluding hydrogens is 384 g/mol. The van der Waals surface area contributed by atoms with Crippen LogP contribution in [0.25, 0.3) is 10.2 Å². The normalized spacial score (nSPS) is 16.7. The number of nitriles is 1. The Labute approximate surface area is 173 Å². The molecule has 1 aliphatic rings. The highest BCUT2D eigenvalue weighted by Crippen LogP contribution is 2.29. The monoisotopic (exact) mass is 408 g/mol. The van der Waals surface area contributed by atoms with Crippen molar-refractivity contribution in [2.75, 3.05) is 29.9 Å². The van der Waals surface area contributed by atoms with Crippen molar-refractivity contribution in [2.24, 2.45) is 5.73 Å². The Bertz CT molecular complexity index is 1130. The molecule has 7 nitrogen and oxygen atoms in total. The van der Waals surface area contributed by atoms with Crippen LogP contribution in [0.5, 0.6) is 0 Å². The zero-order valence-corrected chi connectivity index (χ0v) is 17.2. The molecule has 4 rings (SSSR count). The van der Waals surface area contributed by atoms with E-state index in [0.29, 0.717) is 34.8 Å². The van der Waals surface area contributed by atoms with Crippen LogP contribution in [0.2, 0.25) is 0 Å². The van der Waals surface area contributed by atoms with Gasteiger partial charge in [-0.25, -0.2) is 4.98 Å². The van der Waals surface area contributed by atoms with Crippen LogP contribution in [-0.2, 0) is 6.54 Å². The number of hydrogen-bond donors (Lipinski definition) is 2. The smallest absolute Gasteiger partial charge is 0.273 e. The molecule has 0 bridgehead atoms. The number of nitrogens with two attached hydrogens (primary N) is 1. The average Bonchev–Trinajstić information content (AvgIpc) is 3.13. The maximum Gasteiger partial charge on any atom is 0.273 e. The van der Waals surface area contributed by atoms with Gasteiger partial charge in [0, 0.05) is 31.1 Å². The summed E-state index contributed by atoms with van der Waals surface area (Å²) < 4.78 is 2.32. The van der Waals surface area contributed by atoms with Crippen molar-refractivity contribution in [1.82, 2.24) is 9.55 Å². The van der Waals surface area contributed by atoms with Crippen molar-refractivity contribution in [3.05, 3.63) is 51.1 Å². The summed E-state index contributed by atoms with van der Waals surface area (Å²) in [6.07, 6.45) is 1.94. The van der Waals surface area contributed by atoms with E-state index in [1.54, 1.807) is 10.6 Å². The number of nitrogens with one attached hydrogen (secondary N) is 1. The fourth-order valence-corrected chi connectivity index (χ4v) is 4.73. The van der Waals surface area contributed by atoms with Crippen LogP contribution in [-0.4, -0.2) is 35.2 Å². The zero-order chi connectivity index (χ0) is 20.4. The topological polar surface area (TPSA) is 100.0 Å². The third-order valence-electron chi connectivity index (χ3n) is 5.23. The number of nitrogens with zero attached hydrogens (tertiary/aromatic N) is 4. The quantitative estimate of drug-likeness (QED) is 0.673. The second-order valence-corrected chi connectivity index (χ2v) is 8.16. The second kappa shape index (κ2) is 8.23. The molecule has 0 spiro atoms.